The van der Waals surface area contributed by atoms with Gasteiger partial charge in [-0.25, -0.2) is 0 Å². The molecule has 0 saturated carbocycles. The molecule has 0 fully saturated rings. The largest absolute Gasteiger partial charge is 0.497 e. The van der Waals surface area contributed by atoms with Crippen molar-refractivity contribution in [1.29, 1.82) is 0 Å². The van der Waals surface area contributed by atoms with Gasteiger partial charge in [0, 0.05) is 5.56 Å². The molecule has 6 nitrogen and oxygen atoms in total. The number of azo groups is 1. The van der Waals surface area contributed by atoms with Gasteiger partial charge in [-0.05, 0) is 31.2 Å². The standard InChI is InChI=1S/C17H16N4O2/c1-11-6-8-13(9-7-11)18-20-16-15(19-21-17(16)22)12-4-3-5-14(10-12)23-2/h3-10H,1-2H3,(H2,19,21,22). The maximum Gasteiger partial charge on any atom is 0.292 e. The fraction of sp³-hybridized carbons (Fsp3) is 0.118. The van der Waals surface area contributed by atoms with Crippen LogP contribution in [0.2, 0.25) is 0 Å². The molecule has 0 bridgehead atoms. The topological polar surface area (TPSA) is 82.6 Å². The zero-order valence-electron chi connectivity index (χ0n) is 12.8. The molecule has 2 aromatic carbocycles. The van der Waals surface area contributed by atoms with Crippen LogP contribution in [0, 0.1) is 6.92 Å². The molecule has 0 atom stereocenters. The Kier molecular flexibility index (Phi) is 4.05. The monoisotopic (exact) mass is 308 g/mol. The van der Waals surface area contributed by atoms with Crippen molar-refractivity contribution in [2.24, 2.45) is 10.2 Å². The molecular formula is C17H16N4O2. The van der Waals surface area contributed by atoms with Gasteiger partial charge in [0.15, 0.2) is 5.69 Å². The molecular weight excluding hydrogens is 292 g/mol. The Hall–Kier alpha value is -3.15. The summed E-state index contributed by atoms with van der Waals surface area (Å²) in [5, 5.41) is 13.6. The third kappa shape index (κ3) is 3.21. The number of nitrogens with one attached hydrogen (secondary N) is 2. The van der Waals surface area contributed by atoms with Crippen molar-refractivity contribution in [2.45, 2.75) is 6.92 Å². The van der Waals surface area contributed by atoms with E-state index in [4.69, 9.17) is 4.74 Å². The van der Waals surface area contributed by atoms with Crippen LogP contribution in [0.1, 0.15) is 5.56 Å². The van der Waals surface area contributed by atoms with E-state index < -0.39 is 0 Å². The molecule has 1 heterocycles. The molecule has 3 rings (SSSR count). The Bertz CT molecular complexity index is 891. The number of methoxy groups -OCH3 is 1. The number of aryl methyl sites for hydroxylation is 1. The molecule has 116 valence electrons. The van der Waals surface area contributed by atoms with E-state index in [1.807, 2.05) is 55.5 Å². The number of rotatable bonds is 4. The summed E-state index contributed by atoms with van der Waals surface area (Å²) in [6.45, 7) is 2.00. The third-order valence-electron chi connectivity index (χ3n) is 3.41. The fourth-order valence-corrected chi connectivity index (χ4v) is 2.15. The highest BCUT2D eigenvalue weighted by Gasteiger charge is 2.12. The third-order valence-corrected chi connectivity index (χ3v) is 3.41. The molecule has 2 N–H and O–H groups in total. The highest BCUT2D eigenvalue weighted by molar-refractivity contribution is 5.72. The zero-order chi connectivity index (χ0) is 16.2. The molecule has 1 aromatic heterocycles. The average molecular weight is 308 g/mol. The van der Waals surface area contributed by atoms with Crippen molar-refractivity contribution >= 4 is 11.4 Å². The summed E-state index contributed by atoms with van der Waals surface area (Å²) in [6.07, 6.45) is 0. The lowest BCUT2D eigenvalue weighted by molar-refractivity contribution is 0.415. The van der Waals surface area contributed by atoms with Gasteiger partial charge >= 0.3 is 0 Å². The molecule has 0 saturated heterocycles. The predicted molar refractivity (Wildman–Crippen MR) is 88.8 cm³/mol. The van der Waals surface area contributed by atoms with Crippen molar-refractivity contribution < 1.29 is 4.74 Å². The van der Waals surface area contributed by atoms with Crippen LogP contribution in [0.3, 0.4) is 0 Å². The Morgan fingerprint density at radius 2 is 1.78 bits per heavy atom. The summed E-state index contributed by atoms with van der Waals surface area (Å²) < 4.78 is 5.21. The van der Waals surface area contributed by atoms with Crippen molar-refractivity contribution in [1.82, 2.24) is 10.2 Å². The minimum Gasteiger partial charge on any atom is -0.497 e. The van der Waals surface area contributed by atoms with Crippen LogP contribution in [0.4, 0.5) is 11.4 Å². The Balaban J connectivity index is 1.98. The lowest BCUT2D eigenvalue weighted by atomic mass is 10.1. The number of H-pyrrole nitrogens is 2. The molecule has 0 unspecified atom stereocenters. The second-order valence-electron chi connectivity index (χ2n) is 5.07. The Morgan fingerprint density at radius 1 is 1.00 bits per heavy atom. The van der Waals surface area contributed by atoms with E-state index in [-0.39, 0.29) is 11.2 Å². The fourth-order valence-electron chi connectivity index (χ4n) is 2.15. The van der Waals surface area contributed by atoms with Gasteiger partial charge in [0.2, 0.25) is 0 Å². The van der Waals surface area contributed by atoms with E-state index in [0.29, 0.717) is 17.1 Å². The quantitative estimate of drug-likeness (QED) is 0.711. The first-order chi connectivity index (χ1) is 11.2. The van der Waals surface area contributed by atoms with E-state index in [2.05, 4.69) is 20.4 Å². The van der Waals surface area contributed by atoms with Crippen LogP contribution in [0.25, 0.3) is 11.3 Å². The van der Waals surface area contributed by atoms with Crippen molar-refractivity contribution in [3.05, 3.63) is 64.4 Å². The average Bonchev–Trinajstić information content (AvgIpc) is 2.95. The number of ether oxygens (including phenoxy) is 1. The van der Waals surface area contributed by atoms with E-state index >= 15 is 0 Å². The minimum absolute atomic E-state index is 0.235. The van der Waals surface area contributed by atoms with E-state index in [1.54, 1.807) is 7.11 Å². The highest BCUT2D eigenvalue weighted by atomic mass is 16.5. The predicted octanol–water partition coefficient (Wildman–Crippen LogP) is 4.10. The Morgan fingerprint density at radius 3 is 2.52 bits per heavy atom. The molecule has 23 heavy (non-hydrogen) atoms. The van der Waals surface area contributed by atoms with Gasteiger partial charge in [0.05, 0.1) is 18.5 Å². The highest BCUT2D eigenvalue weighted by Crippen LogP contribution is 2.28. The number of hydrogen-bond acceptors (Lipinski definition) is 4. The van der Waals surface area contributed by atoms with Gasteiger partial charge in [-0.2, -0.15) is 5.11 Å². The normalized spacial score (nSPS) is 11.0. The smallest absolute Gasteiger partial charge is 0.292 e. The number of aromatic amines is 2. The summed E-state index contributed by atoms with van der Waals surface area (Å²) in [7, 11) is 1.59. The summed E-state index contributed by atoms with van der Waals surface area (Å²) in [5.41, 5.74) is 3.11. The van der Waals surface area contributed by atoms with Crippen LogP contribution in [-0.2, 0) is 0 Å². The van der Waals surface area contributed by atoms with E-state index in [0.717, 1.165) is 11.1 Å². The summed E-state index contributed by atoms with van der Waals surface area (Å²) in [6, 6.07) is 15.0. The second-order valence-corrected chi connectivity index (χ2v) is 5.07. The van der Waals surface area contributed by atoms with Crippen molar-refractivity contribution in [3.8, 4) is 17.0 Å². The summed E-state index contributed by atoms with van der Waals surface area (Å²) in [4.78, 5) is 12.0. The van der Waals surface area contributed by atoms with Crippen LogP contribution in [0.5, 0.6) is 5.75 Å². The van der Waals surface area contributed by atoms with Crippen LogP contribution in [-0.4, -0.2) is 17.3 Å². The van der Waals surface area contributed by atoms with Crippen LogP contribution < -0.4 is 10.3 Å². The van der Waals surface area contributed by atoms with Crippen LogP contribution in [0.15, 0.2) is 63.6 Å². The molecule has 6 heteroatoms. The van der Waals surface area contributed by atoms with Crippen molar-refractivity contribution in [3.63, 3.8) is 0 Å². The first-order valence-corrected chi connectivity index (χ1v) is 7.11. The maximum absolute atomic E-state index is 12.0. The van der Waals surface area contributed by atoms with Crippen LogP contribution >= 0.6 is 0 Å². The van der Waals surface area contributed by atoms with E-state index in [9.17, 15) is 4.79 Å². The molecule has 0 aliphatic heterocycles. The van der Waals surface area contributed by atoms with Gasteiger partial charge in [0.1, 0.15) is 5.75 Å². The van der Waals surface area contributed by atoms with Gasteiger partial charge in [0.25, 0.3) is 5.56 Å². The molecule has 0 amide bonds. The molecule has 3 aromatic rings. The molecule has 0 spiro atoms. The first-order valence-electron chi connectivity index (χ1n) is 7.11. The Labute approximate surface area is 132 Å². The van der Waals surface area contributed by atoms with Gasteiger partial charge in [-0.1, -0.05) is 29.8 Å². The maximum atomic E-state index is 12.0. The second kappa shape index (κ2) is 6.31. The van der Waals surface area contributed by atoms with Gasteiger partial charge in [-0.3, -0.25) is 15.0 Å². The number of benzene rings is 2. The lowest BCUT2D eigenvalue weighted by Crippen LogP contribution is -1.96. The van der Waals surface area contributed by atoms with Gasteiger partial charge < -0.3 is 4.74 Å². The first kappa shape index (κ1) is 14.8. The molecule has 0 aliphatic rings. The molecule has 0 aliphatic carbocycles. The van der Waals surface area contributed by atoms with Gasteiger partial charge in [-0.15, -0.1) is 5.11 Å². The zero-order valence-corrected chi connectivity index (χ0v) is 12.8. The minimum atomic E-state index is -0.321. The summed E-state index contributed by atoms with van der Waals surface area (Å²) in [5.74, 6) is 0.700. The summed E-state index contributed by atoms with van der Waals surface area (Å²) >= 11 is 0. The number of nitrogens with zero attached hydrogens (tertiary/aromatic N) is 2. The SMILES string of the molecule is COc1cccc(-c2[nH][nH]c(=O)c2N=Nc2ccc(C)cc2)c1. The number of hydrogen-bond donors (Lipinski definition) is 2. The van der Waals surface area contributed by atoms with E-state index in [1.165, 1.54) is 0 Å². The molecule has 0 radical (unpaired) electrons. The lowest BCUT2D eigenvalue weighted by Gasteiger charge is -2.02. The van der Waals surface area contributed by atoms with Crippen molar-refractivity contribution in [2.75, 3.05) is 7.11 Å². The number of aromatic nitrogens is 2.